The number of amides is 1. The molecule has 2 aromatic carbocycles. The van der Waals surface area contributed by atoms with E-state index in [1.54, 1.807) is 30.3 Å². The highest BCUT2D eigenvalue weighted by Gasteiger charge is 2.15. The van der Waals surface area contributed by atoms with Crippen LogP contribution < -0.4 is 29.0 Å². The first-order valence-corrected chi connectivity index (χ1v) is 9.41. The molecule has 0 radical (unpaired) electrons. The number of aryl methyl sites for hydroxylation is 1. The molecule has 0 aliphatic carbocycles. The van der Waals surface area contributed by atoms with Gasteiger partial charge in [0.2, 0.25) is 5.75 Å². The van der Waals surface area contributed by atoms with E-state index >= 15 is 0 Å². The molecule has 0 aliphatic heterocycles. The summed E-state index contributed by atoms with van der Waals surface area (Å²) in [6.45, 7) is -0.409. The molecule has 1 amide bonds. The number of carbonyl (C=O) groups is 2. The molecule has 0 aliphatic rings. The number of hydrogen-bond acceptors (Lipinski definition) is 8. The highest BCUT2D eigenvalue weighted by atomic mass is 16.5. The van der Waals surface area contributed by atoms with Gasteiger partial charge in [-0.05, 0) is 24.1 Å². The van der Waals surface area contributed by atoms with Gasteiger partial charge in [0.15, 0.2) is 18.1 Å². The molecule has 31 heavy (non-hydrogen) atoms. The normalized spacial score (nSPS) is 10.1. The zero-order valence-electron chi connectivity index (χ0n) is 18.3. The smallest absolute Gasteiger partial charge is 0.306 e. The van der Waals surface area contributed by atoms with Gasteiger partial charge in [-0.25, -0.2) is 0 Å². The summed E-state index contributed by atoms with van der Waals surface area (Å²) in [6.07, 6.45) is 0.461. The lowest BCUT2D eigenvalue weighted by molar-refractivity contribution is -0.147. The molecule has 0 spiro atoms. The van der Waals surface area contributed by atoms with E-state index in [0.29, 0.717) is 40.9 Å². The average molecular weight is 433 g/mol. The molecule has 0 heterocycles. The number of anilines is 1. The number of hydrogen-bond donors (Lipinski definition) is 1. The molecule has 9 heteroatoms. The molecule has 0 atom stereocenters. The second-order valence-corrected chi connectivity index (χ2v) is 6.34. The summed E-state index contributed by atoms with van der Waals surface area (Å²) < 4.78 is 31.3. The van der Waals surface area contributed by atoms with Crippen LogP contribution in [0.4, 0.5) is 5.69 Å². The minimum atomic E-state index is -0.507. The van der Waals surface area contributed by atoms with Crippen LogP contribution in [0.25, 0.3) is 0 Å². The third-order valence-electron chi connectivity index (χ3n) is 4.34. The Balaban J connectivity index is 1.89. The minimum absolute atomic E-state index is 0.0822. The summed E-state index contributed by atoms with van der Waals surface area (Å²) in [5.41, 5.74) is 1.27. The van der Waals surface area contributed by atoms with E-state index in [1.165, 1.54) is 35.5 Å². The fraction of sp³-hybridized carbons (Fsp3) is 0.364. The van der Waals surface area contributed by atoms with Crippen molar-refractivity contribution in [2.24, 2.45) is 0 Å². The molecule has 0 saturated carbocycles. The SMILES string of the molecule is COc1cc(NC(=O)COC(=O)CCc2cc(OC)c(OC)c(OC)c2)cc(OC)c1. The highest BCUT2D eigenvalue weighted by Crippen LogP contribution is 2.38. The Morgan fingerprint density at radius 3 is 1.84 bits per heavy atom. The summed E-state index contributed by atoms with van der Waals surface area (Å²) in [5.74, 6) is 1.54. The lowest BCUT2D eigenvalue weighted by atomic mass is 10.1. The first-order chi connectivity index (χ1) is 14.9. The van der Waals surface area contributed by atoms with E-state index in [1.807, 2.05) is 0 Å². The van der Waals surface area contributed by atoms with Crippen molar-refractivity contribution in [2.75, 3.05) is 47.5 Å². The Morgan fingerprint density at radius 2 is 1.35 bits per heavy atom. The van der Waals surface area contributed by atoms with Gasteiger partial charge in [-0.15, -0.1) is 0 Å². The molecule has 0 aromatic heterocycles. The van der Waals surface area contributed by atoms with Crippen molar-refractivity contribution in [1.82, 2.24) is 0 Å². The molecule has 0 saturated heterocycles. The molecular weight excluding hydrogens is 406 g/mol. The van der Waals surface area contributed by atoms with Gasteiger partial charge < -0.3 is 33.7 Å². The fourth-order valence-corrected chi connectivity index (χ4v) is 2.82. The molecule has 0 unspecified atom stereocenters. The molecule has 0 bridgehead atoms. The Kier molecular flexibility index (Phi) is 8.80. The van der Waals surface area contributed by atoms with Gasteiger partial charge in [0, 0.05) is 30.3 Å². The van der Waals surface area contributed by atoms with Crippen molar-refractivity contribution >= 4 is 17.6 Å². The number of nitrogens with one attached hydrogen (secondary N) is 1. The van der Waals surface area contributed by atoms with Crippen molar-refractivity contribution in [3.63, 3.8) is 0 Å². The van der Waals surface area contributed by atoms with Gasteiger partial charge in [-0.3, -0.25) is 9.59 Å². The van der Waals surface area contributed by atoms with Crippen LogP contribution in [0, 0.1) is 0 Å². The van der Waals surface area contributed by atoms with Crippen LogP contribution in [0.3, 0.4) is 0 Å². The molecule has 2 rings (SSSR count). The number of benzene rings is 2. The van der Waals surface area contributed by atoms with Crippen LogP contribution in [0.1, 0.15) is 12.0 Å². The second-order valence-electron chi connectivity index (χ2n) is 6.34. The topological polar surface area (TPSA) is 102 Å². The Hall–Kier alpha value is -3.62. The van der Waals surface area contributed by atoms with Crippen LogP contribution >= 0.6 is 0 Å². The largest absolute Gasteiger partial charge is 0.497 e. The van der Waals surface area contributed by atoms with Crippen LogP contribution in [0.5, 0.6) is 28.7 Å². The number of methoxy groups -OCH3 is 5. The summed E-state index contributed by atoms with van der Waals surface area (Å²) in [4.78, 5) is 24.2. The maximum Gasteiger partial charge on any atom is 0.306 e. The van der Waals surface area contributed by atoms with Crippen LogP contribution in [-0.2, 0) is 20.7 Å². The van der Waals surface area contributed by atoms with Gasteiger partial charge in [-0.1, -0.05) is 0 Å². The van der Waals surface area contributed by atoms with E-state index in [-0.39, 0.29) is 6.42 Å². The summed E-state index contributed by atoms with van der Waals surface area (Å²) in [5, 5.41) is 2.64. The van der Waals surface area contributed by atoms with Crippen molar-refractivity contribution in [3.05, 3.63) is 35.9 Å². The standard InChI is InChI=1S/C22H27NO8/c1-26-16-10-15(11-17(12-16)27-2)23-20(24)13-31-21(25)7-6-14-8-18(28-3)22(30-5)19(9-14)29-4/h8-12H,6-7,13H2,1-5H3,(H,23,24). The number of ether oxygens (including phenoxy) is 6. The minimum Gasteiger partial charge on any atom is -0.497 e. The number of rotatable bonds is 11. The van der Waals surface area contributed by atoms with Gasteiger partial charge in [-0.2, -0.15) is 0 Å². The summed E-state index contributed by atoms with van der Waals surface area (Å²) >= 11 is 0. The van der Waals surface area contributed by atoms with Gasteiger partial charge >= 0.3 is 5.97 Å². The van der Waals surface area contributed by atoms with Gasteiger partial charge in [0.05, 0.1) is 35.5 Å². The van der Waals surface area contributed by atoms with E-state index in [2.05, 4.69) is 5.32 Å². The van der Waals surface area contributed by atoms with Crippen molar-refractivity contribution in [1.29, 1.82) is 0 Å². The predicted octanol–water partition coefficient (Wildman–Crippen LogP) is 2.84. The van der Waals surface area contributed by atoms with E-state index in [9.17, 15) is 9.59 Å². The number of carbonyl (C=O) groups excluding carboxylic acids is 2. The molecule has 9 nitrogen and oxygen atoms in total. The summed E-state index contributed by atoms with van der Waals surface area (Å²) in [6, 6.07) is 8.47. The van der Waals surface area contributed by atoms with E-state index < -0.39 is 18.5 Å². The van der Waals surface area contributed by atoms with Crippen LogP contribution in [-0.4, -0.2) is 54.0 Å². The lowest BCUT2D eigenvalue weighted by Gasteiger charge is -2.14. The maximum atomic E-state index is 12.1. The second kappa shape index (κ2) is 11.5. The monoisotopic (exact) mass is 433 g/mol. The Bertz CT molecular complexity index is 865. The fourth-order valence-electron chi connectivity index (χ4n) is 2.82. The van der Waals surface area contributed by atoms with Crippen molar-refractivity contribution in [2.45, 2.75) is 12.8 Å². The third-order valence-corrected chi connectivity index (χ3v) is 4.34. The van der Waals surface area contributed by atoms with Gasteiger partial charge in [0.25, 0.3) is 5.91 Å². The van der Waals surface area contributed by atoms with E-state index in [4.69, 9.17) is 28.4 Å². The zero-order chi connectivity index (χ0) is 22.8. The lowest BCUT2D eigenvalue weighted by Crippen LogP contribution is -2.21. The molecule has 1 N–H and O–H groups in total. The maximum absolute atomic E-state index is 12.1. The zero-order valence-corrected chi connectivity index (χ0v) is 18.3. The van der Waals surface area contributed by atoms with Crippen LogP contribution in [0.15, 0.2) is 30.3 Å². The molecule has 2 aromatic rings. The van der Waals surface area contributed by atoms with Gasteiger partial charge in [0.1, 0.15) is 11.5 Å². The van der Waals surface area contributed by atoms with Crippen LogP contribution in [0.2, 0.25) is 0 Å². The first kappa shape index (κ1) is 23.7. The molecule has 0 fully saturated rings. The quantitative estimate of drug-likeness (QED) is 0.540. The molecular formula is C22H27NO8. The Labute approximate surface area is 181 Å². The Morgan fingerprint density at radius 1 is 0.774 bits per heavy atom. The highest BCUT2D eigenvalue weighted by molar-refractivity contribution is 5.93. The molecule has 168 valence electrons. The summed E-state index contributed by atoms with van der Waals surface area (Å²) in [7, 11) is 7.58. The van der Waals surface area contributed by atoms with Crippen molar-refractivity contribution < 1.29 is 38.0 Å². The third kappa shape index (κ3) is 6.70. The first-order valence-electron chi connectivity index (χ1n) is 9.41. The average Bonchev–Trinajstić information content (AvgIpc) is 2.80. The van der Waals surface area contributed by atoms with Crippen molar-refractivity contribution in [3.8, 4) is 28.7 Å². The van der Waals surface area contributed by atoms with E-state index in [0.717, 1.165) is 5.56 Å². The predicted molar refractivity (Wildman–Crippen MR) is 114 cm³/mol. The number of esters is 1.